The molecule has 0 aliphatic rings. The van der Waals surface area contributed by atoms with Gasteiger partial charge in [-0.05, 0) is 13.8 Å². The molecule has 0 saturated heterocycles. The van der Waals surface area contributed by atoms with Crippen molar-refractivity contribution in [2.45, 2.75) is 25.1 Å². The van der Waals surface area contributed by atoms with E-state index in [9.17, 15) is 16.8 Å². The molecule has 0 saturated carbocycles. The predicted octanol–water partition coefficient (Wildman–Crippen LogP) is -0.527. The second-order valence-electron chi connectivity index (χ2n) is 3.42. The molecule has 0 amide bonds. The van der Waals surface area contributed by atoms with E-state index in [2.05, 4.69) is 14.9 Å². The van der Waals surface area contributed by atoms with Crippen LogP contribution < -0.4 is 4.72 Å². The van der Waals surface area contributed by atoms with Crippen molar-refractivity contribution in [2.75, 3.05) is 12.0 Å². The second-order valence-corrected chi connectivity index (χ2v) is 7.36. The van der Waals surface area contributed by atoms with E-state index in [-0.39, 0.29) is 11.6 Å². The molecule has 0 bridgehead atoms. The average molecular weight is 283 g/mol. The van der Waals surface area contributed by atoms with Gasteiger partial charge in [0.25, 0.3) is 0 Å². The zero-order valence-corrected chi connectivity index (χ0v) is 11.2. The van der Waals surface area contributed by atoms with Gasteiger partial charge in [0.2, 0.25) is 25.8 Å². The van der Waals surface area contributed by atoms with Gasteiger partial charge in [0.05, 0.1) is 11.8 Å². The minimum absolute atomic E-state index is 0.0928. The SMILES string of the molecule is CCS(=O)(=O)N[C@@H](C)c1nnc(S(C)(=O)=O)o1. The zero-order valence-electron chi connectivity index (χ0n) is 9.54. The Hall–Kier alpha value is -1.00. The number of sulfone groups is 1. The standard InChI is InChI=1S/C7H13N3O5S2/c1-4-17(13,14)10-5(2)6-8-9-7(15-6)16(3,11)12/h5,10H,4H2,1-3H3/t5-/m0/s1. The zero-order chi connectivity index (χ0) is 13.3. The van der Waals surface area contributed by atoms with Crippen molar-refractivity contribution < 1.29 is 21.3 Å². The lowest BCUT2D eigenvalue weighted by Crippen LogP contribution is -2.28. The second kappa shape index (κ2) is 4.70. The van der Waals surface area contributed by atoms with Gasteiger partial charge in [-0.15, -0.1) is 5.10 Å². The van der Waals surface area contributed by atoms with Crippen LogP contribution in [0.25, 0.3) is 0 Å². The number of nitrogens with zero attached hydrogens (tertiary/aromatic N) is 2. The Morgan fingerprint density at radius 3 is 2.29 bits per heavy atom. The summed E-state index contributed by atoms with van der Waals surface area (Å²) in [4.78, 5) is 0. The first-order valence-corrected chi connectivity index (χ1v) is 8.23. The fourth-order valence-corrected chi connectivity index (χ4v) is 2.18. The first-order valence-electron chi connectivity index (χ1n) is 4.69. The lowest BCUT2D eigenvalue weighted by Gasteiger charge is -2.08. The molecule has 1 N–H and O–H groups in total. The third kappa shape index (κ3) is 3.75. The van der Waals surface area contributed by atoms with Crippen LogP contribution in [0.15, 0.2) is 9.64 Å². The van der Waals surface area contributed by atoms with Crippen molar-refractivity contribution in [3.05, 3.63) is 5.89 Å². The van der Waals surface area contributed by atoms with E-state index < -0.39 is 31.1 Å². The molecule has 0 unspecified atom stereocenters. The van der Waals surface area contributed by atoms with Gasteiger partial charge in [0.15, 0.2) is 0 Å². The Morgan fingerprint density at radius 1 is 1.29 bits per heavy atom. The fourth-order valence-electron chi connectivity index (χ4n) is 0.948. The summed E-state index contributed by atoms with van der Waals surface area (Å²) in [5.41, 5.74) is 0. The molecule has 0 fully saturated rings. The largest absolute Gasteiger partial charge is 0.411 e. The summed E-state index contributed by atoms with van der Waals surface area (Å²) < 4.78 is 51.8. The maximum atomic E-state index is 11.3. The van der Waals surface area contributed by atoms with Crippen LogP contribution in [-0.4, -0.2) is 39.0 Å². The highest BCUT2D eigenvalue weighted by atomic mass is 32.2. The molecule has 1 rings (SSSR count). The summed E-state index contributed by atoms with van der Waals surface area (Å²) in [6.45, 7) is 2.96. The van der Waals surface area contributed by atoms with E-state index in [1.54, 1.807) is 0 Å². The van der Waals surface area contributed by atoms with E-state index in [1.807, 2.05) is 0 Å². The molecule has 98 valence electrons. The lowest BCUT2D eigenvalue weighted by atomic mass is 10.4. The van der Waals surface area contributed by atoms with Crippen molar-refractivity contribution in [1.82, 2.24) is 14.9 Å². The summed E-state index contributed by atoms with van der Waals surface area (Å²) in [5.74, 6) is -0.188. The van der Waals surface area contributed by atoms with Crippen LogP contribution in [0, 0.1) is 0 Å². The van der Waals surface area contributed by atoms with Crippen LogP contribution in [0.4, 0.5) is 0 Å². The van der Waals surface area contributed by atoms with Crippen LogP contribution >= 0.6 is 0 Å². The van der Waals surface area contributed by atoms with Crippen LogP contribution in [0.1, 0.15) is 25.8 Å². The van der Waals surface area contributed by atoms with E-state index in [0.717, 1.165) is 6.26 Å². The van der Waals surface area contributed by atoms with Gasteiger partial charge in [-0.2, -0.15) is 0 Å². The molecule has 1 aromatic heterocycles. The molecule has 8 nitrogen and oxygen atoms in total. The number of hydrogen-bond donors (Lipinski definition) is 1. The molecule has 0 aliphatic heterocycles. The van der Waals surface area contributed by atoms with Crippen molar-refractivity contribution in [2.24, 2.45) is 0 Å². The van der Waals surface area contributed by atoms with Gasteiger partial charge >= 0.3 is 5.22 Å². The molecule has 0 aromatic carbocycles. The molecule has 1 heterocycles. The molecule has 17 heavy (non-hydrogen) atoms. The van der Waals surface area contributed by atoms with Crippen LogP contribution in [0.3, 0.4) is 0 Å². The predicted molar refractivity (Wildman–Crippen MR) is 58.4 cm³/mol. The third-order valence-corrected chi connectivity index (χ3v) is 4.12. The van der Waals surface area contributed by atoms with Crippen molar-refractivity contribution >= 4 is 19.9 Å². The summed E-state index contributed by atoms with van der Waals surface area (Å²) >= 11 is 0. The van der Waals surface area contributed by atoms with Gasteiger partial charge in [-0.25, -0.2) is 21.6 Å². The highest BCUT2D eigenvalue weighted by Crippen LogP contribution is 2.14. The highest BCUT2D eigenvalue weighted by Gasteiger charge is 2.22. The molecule has 10 heteroatoms. The Morgan fingerprint density at radius 2 is 1.88 bits per heavy atom. The number of hydrogen-bond acceptors (Lipinski definition) is 7. The Labute approximate surface area is 99.4 Å². The monoisotopic (exact) mass is 283 g/mol. The summed E-state index contributed by atoms with van der Waals surface area (Å²) in [6.07, 6.45) is 0.922. The van der Waals surface area contributed by atoms with E-state index in [0.29, 0.717) is 0 Å². The maximum absolute atomic E-state index is 11.3. The number of aromatic nitrogens is 2. The smallest absolute Gasteiger partial charge is 0.335 e. The molecule has 0 spiro atoms. The molecule has 1 aromatic rings. The van der Waals surface area contributed by atoms with E-state index >= 15 is 0 Å². The van der Waals surface area contributed by atoms with Gasteiger partial charge in [0.1, 0.15) is 0 Å². The average Bonchev–Trinajstić information content (AvgIpc) is 2.65. The Balaban J connectivity index is 2.92. The van der Waals surface area contributed by atoms with Crippen molar-refractivity contribution in [3.63, 3.8) is 0 Å². The minimum Gasteiger partial charge on any atom is -0.411 e. The molecule has 1 atom stereocenters. The topological polar surface area (TPSA) is 119 Å². The molecule has 0 aliphatic carbocycles. The van der Waals surface area contributed by atoms with Gasteiger partial charge < -0.3 is 4.42 Å². The normalized spacial score (nSPS) is 14.8. The van der Waals surface area contributed by atoms with Gasteiger partial charge in [-0.3, -0.25) is 0 Å². The maximum Gasteiger partial charge on any atom is 0.335 e. The van der Waals surface area contributed by atoms with Crippen molar-refractivity contribution in [3.8, 4) is 0 Å². The summed E-state index contributed by atoms with van der Waals surface area (Å²) in [6, 6.07) is -0.775. The third-order valence-electron chi connectivity index (χ3n) is 1.85. The number of nitrogens with one attached hydrogen (secondary N) is 1. The number of rotatable bonds is 5. The highest BCUT2D eigenvalue weighted by molar-refractivity contribution is 7.90. The van der Waals surface area contributed by atoms with Gasteiger partial charge in [0, 0.05) is 6.26 Å². The number of sulfonamides is 1. The van der Waals surface area contributed by atoms with Crippen molar-refractivity contribution in [1.29, 1.82) is 0 Å². The first-order chi connectivity index (χ1) is 7.65. The quantitative estimate of drug-likeness (QED) is 0.771. The molecule has 0 radical (unpaired) electrons. The minimum atomic E-state index is -3.58. The van der Waals surface area contributed by atoms with Crippen LogP contribution in [-0.2, 0) is 19.9 Å². The van der Waals surface area contributed by atoms with E-state index in [4.69, 9.17) is 4.42 Å². The summed E-state index contributed by atoms with van der Waals surface area (Å²) in [7, 11) is -7.00. The van der Waals surface area contributed by atoms with Crippen LogP contribution in [0.5, 0.6) is 0 Å². The lowest BCUT2D eigenvalue weighted by molar-refractivity contribution is 0.373. The van der Waals surface area contributed by atoms with Crippen LogP contribution in [0.2, 0.25) is 0 Å². The molecular weight excluding hydrogens is 270 g/mol. The fraction of sp³-hybridized carbons (Fsp3) is 0.714. The van der Waals surface area contributed by atoms with E-state index in [1.165, 1.54) is 13.8 Å². The first kappa shape index (κ1) is 14.1. The summed E-state index contributed by atoms with van der Waals surface area (Å²) in [5, 5.41) is 6.27. The molecular formula is C7H13N3O5S2. The Bertz CT molecular complexity index is 589. The Kier molecular flexibility index (Phi) is 3.89. The van der Waals surface area contributed by atoms with Gasteiger partial charge in [-0.1, -0.05) is 5.10 Å².